The van der Waals surface area contributed by atoms with Crippen LogP contribution in [0.1, 0.15) is 30.0 Å². The minimum absolute atomic E-state index is 0.170. The lowest BCUT2D eigenvalue weighted by Gasteiger charge is -2.11. The molecule has 0 spiro atoms. The van der Waals surface area contributed by atoms with Crippen molar-refractivity contribution in [1.82, 2.24) is 20.3 Å². The number of aromatic amines is 1. The summed E-state index contributed by atoms with van der Waals surface area (Å²) in [5, 5.41) is 3.46. The Morgan fingerprint density at radius 2 is 2.05 bits per heavy atom. The van der Waals surface area contributed by atoms with Crippen molar-refractivity contribution in [1.29, 1.82) is 0 Å². The number of hydrogen-bond donors (Lipinski definition) is 2. The number of para-hydroxylation sites is 2. The summed E-state index contributed by atoms with van der Waals surface area (Å²) in [4.78, 5) is 12.3. The van der Waals surface area contributed by atoms with Gasteiger partial charge < -0.3 is 10.3 Å². The zero-order valence-electron chi connectivity index (χ0n) is 11.7. The van der Waals surface area contributed by atoms with Gasteiger partial charge in [-0.2, -0.15) is 0 Å². The highest BCUT2D eigenvalue weighted by Crippen LogP contribution is 2.15. The molecule has 4 nitrogen and oxygen atoms in total. The maximum Gasteiger partial charge on any atom is 0.124 e. The topological polar surface area (TPSA) is 53.6 Å². The van der Waals surface area contributed by atoms with Crippen LogP contribution in [0.4, 0.5) is 0 Å². The molecule has 1 unspecified atom stereocenters. The van der Waals surface area contributed by atoms with Crippen molar-refractivity contribution in [2.45, 2.75) is 26.4 Å². The standard InChI is InChI=1S/C16H18N4/c1-11-7-8-13(9-17-11)10-18-12(2)16-19-14-5-3-4-6-15(14)20-16/h3-9,12,18H,10H2,1-2H3,(H,19,20). The van der Waals surface area contributed by atoms with Crippen LogP contribution >= 0.6 is 0 Å². The van der Waals surface area contributed by atoms with Gasteiger partial charge >= 0.3 is 0 Å². The number of nitrogens with zero attached hydrogens (tertiary/aromatic N) is 2. The molecule has 0 bridgehead atoms. The Kier molecular flexibility index (Phi) is 3.48. The first kappa shape index (κ1) is 12.8. The Morgan fingerprint density at radius 1 is 1.20 bits per heavy atom. The van der Waals surface area contributed by atoms with Gasteiger partial charge in [0.2, 0.25) is 0 Å². The van der Waals surface area contributed by atoms with Crippen LogP contribution < -0.4 is 5.32 Å². The number of fused-ring (bicyclic) bond motifs is 1. The van der Waals surface area contributed by atoms with E-state index in [1.165, 1.54) is 5.56 Å². The number of hydrogen-bond acceptors (Lipinski definition) is 3. The van der Waals surface area contributed by atoms with E-state index in [0.717, 1.165) is 29.1 Å². The summed E-state index contributed by atoms with van der Waals surface area (Å²) in [5.41, 5.74) is 4.30. The molecule has 0 amide bonds. The van der Waals surface area contributed by atoms with Crippen LogP contribution in [0.2, 0.25) is 0 Å². The maximum atomic E-state index is 4.61. The predicted molar refractivity (Wildman–Crippen MR) is 80.3 cm³/mol. The zero-order valence-corrected chi connectivity index (χ0v) is 11.7. The van der Waals surface area contributed by atoms with Crippen molar-refractivity contribution in [2.75, 3.05) is 0 Å². The van der Waals surface area contributed by atoms with Gasteiger partial charge in [-0.05, 0) is 37.6 Å². The second-order valence-corrected chi connectivity index (χ2v) is 5.05. The number of pyridine rings is 1. The summed E-state index contributed by atoms with van der Waals surface area (Å²) >= 11 is 0. The molecule has 0 aliphatic heterocycles. The van der Waals surface area contributed by atoms with Gasteiger partial charge in [0.15, 0.2) is 0 Å². The summed E-state index contributed by atoms with van der Waals surface area (Å²) in [6, 6.07) is 12.4. The van der Waals surface area contributed by atoms with Gasteiger partial charge in [-0.1, -0.05) is 18.2 Å². The molecule has 2 N–H and O–H groups in total. The number of benzene rings is 1. The summed E-state index contributed by atoms with van der Waals surface area (Å²) in [7, 11) is 0. The second-order valence-electron chi connectivity index (χ2n) is 5.05. The molecule has 1 atom stereocenters. The SMILES string of the molecule is Cc1ccc(CNC(C)c2nc3ccccc3[nH]2)cn1. The van der Waals surface area contributed by atoms with Crippen LogP contribution in [-0.4, -0.2) is 15.0 Å². The number of aromatic nitrogens is 3. The van der Waals surface area contributed by atoms with Crippen molar-refractivity contribution in [3.63, 3.8) is 0 Å². The highest BCUT2D eigenvalue weighted by molar-refractivity contribution is 5.74. The molecular formula is C16H18N4. The number of rotatable bonds is 4. The number of imidazole rings is 1. The summed E-state index contributed by atoms with van der Waals surface area (Å²) in [5.74, 6) is 0.964. The molecule has 0 saturated carbocycles. The van der Waals surface area contributed by atoms with Crippen LogP contribution in [0, 0.1) is 6.92 Å². The average molecular weight is 266 g/mol. The fourth-order valence-electron chi connectivity index (χ4n) is 2.15. The zero-order chi connectivity index (χ0) is 13.9. The van der Waals surface area contributed by atoms with E-state index in [2.05, 4.69) is 33.3 Å². The molecule has 0 radical (unpaired) electrons. The fourth-order valence-corrected chi connectivity index (χ4v) is 2.15. The Hall–Kier alpha value is -2.20. The van der Waals surface area contributed by atoms with E-state index in [1.807, 2.05) is 43.5 Å². The smallest absolute Gasteiger partial charge is 0.124 e. The summed E-state index contributed by atoms with van der Waals surface area (Å²) < 4.78 is 0. The third-order valence-electron chi connectivity index (χ3n) is 3.40. The second kappa shape index (κ2) is 5.43. The normalized spacial score (nSPS) is 12.7. The minimum atomic E-state index is 0.170. The molecule has 0 aliphatic rings. The van der Waals surface area contributed by atoms with Crippen LogP contribution in [-0.2, 0) is 6.54 Å². The van der Waals surface area contributed by atoms with Crippen molar-refractivity contribution in [3.05, 3.63) is 59.7 Å². The van der Waals surface area contributed by atoms with Crippen molar-refractivity contribution >= 4 is 11.0 Å². The van der Waals surface area contributed by atoms with Crippen LogP contribution in [0.25, 0.3) is 11.0 Å². The molecule has 0 saturated heterocycles. The van der Waals surface area contributed by atoms with Crippen LogP contribution in [0.3, 0.4) is 0 Å². The Balaban J connectivity index is 1.69. The number of H-pyrrole nitrogens is 1. The molecular weight excluding hydrogens is 248 g/mol. The number of aryl methyl sites for hydroxylation is 1. The van der Waals surface area contributed by atoms with E-state index in [0.29, 0.717) is 0 Å². The molecule has 3 aromatic rings. The molecule has 20 heavy (non-hydrogen) atoms. The average Bonchev–Trinajstić information content (AvgIpc) is 2.90. The predicted octanol–water partition coefficient (Wildman–Crippen LogP) is 3.12. The summed E-state index contributed by atoms with van der Waals surface area (Å²) in [6.45, 7) is 4.89. The Bertz CT molecular complexity index is 667. The molecule has 0 aliphatic carbocycles. The lowest BCUT2D eigenvalue weighted by atomic mass is 10.2. The van der Waals surface area contributed by atoms with E-state index in [1.54, 1.807) is 0 Å². The van der Waals surface area contributed by atoms with Gasteiger partial charge in [0.05, 0.1) is 17.1 Å². The van der Waals surface area contributed by atoms with Crippen molar-refractivity contribution in [2.24, 2.45) is 0 Å². The van der Waals surface area contributed by atoms with Gasteiger partial charge in [-0.25, -0.2) is 4.98 Å². The molecule has 102 valence electrons. The van der Waals surface area contributed by atoms with Gasteiger partial charge in [0, 0.05) is 18.4 Å². The molecule has 4 heteroatoms. The highest BCUT2D eigenvalue weighted by Gasteiger charge is 2.09. The van der Waals surface area contributed by atoms with Crippen LogP contribution in [0.15, 0.2) is 42.6 Å². The molecule has 2 heterocycles. The van der Waals surface area contributed by atoms with E-state index >= 15 is 0 Å². The largest absolute Gasteiger partial charge is 0.341 e. The first-order valence-corrected chi connectivity index (χ1v) is 6.82. The van der Waals surface area contributed by atoms with Crippen molar-refractivity contribution in [3.8, 4) is 0 Å². The minimum Gasteiger partial charge on any atom is -0.341 e. The van der Waals surface area contributed by atoms with Crippen LogP contribution in [0.5, 0.6) is 0 Å². The third-order valence-corrected chi connectivity index (χ3v) is 3.40. The fraction of sp³-hybridized carbons (Fsp3) is 0.250. The quantitative estimate of drug-likeness (QED) is 0.763. The van der Waals surface area contributed by atoms with Gasteiger partial charge in [-0.3, -0.25) is 4.98 Å². The molecule has 0 fully saturated rings. The number of nitrogens with one attached hydrogen (secondary N) is 2. The first-order valence-electron chi connectivity index (χ1n) is 6.82. The monoisotopic (exact) mass is 266 g/mol. The lowest BCUT2D eigenvalue weighted by molar-refractivity contribution is 0.551. The van der Waals surface area contributed by atoms with E-state index in [-0.39, 0.29) is 6.04 Å². The first-order chi connectivity index (χ1) is 9.72. The lowest BCUT2D eigenvalue weighted by Crippen LogP contribution is -2.19. The maximum absolute atomic E-state index is 4.61. The van der Waals surface area contributed by atoms with E-state index < -0.39 is 0 Å². The molecule has 3 rings (SSSR count). The molecule has 1 aromatic carbocycles. The summed E-state index contributed by atoms with van der Waals surface area (Å²) in [6.07, 6.45) is 1.91. The third kappa shape index (κ3) is 2.70. The molecule has 2 aromatic heterocycles. The van der Waals surface area contributed by atoms with Crippen molar-refractivity contribution < 1.29 is 0 Å². The van der Waals surface area contributed by atoms with Gasteiger partial charge in [0.1, 0.15) is 5.82 Å². The van der Waals surface area contributed by atoms with Gasteiger partial charge in [-0.15, -0.1) is 0 Å². The Labute approximate surface area is 118 Å². The van der Waals surface area contributed by atoms with E-state index in [4.69, 9.17) is 0 Å². The van der Waals surface area contributed by atoms with E-state index in [9.17, 15) is 0 Å². The Morgan fingerprint density at radius 3 is 2.80 bits per heavy atom. The highest BCUT2D eigenvalue weighted by atomic mass is 15.0. The van der Waals surface area contributed by atoms with Gasteiger partial charge in [0.25, 0.3) is 0 Å².